The molecule has 3 N–H and O–H groups in total. The Balaban J connectivity index is 1.68. The van der Waals surface area contributed by atoms with Gasteiger partial charge >= 0.3 is 0 Å². The van der Waals surface area contributed by atoms with Crippen molar-refractivity contribution in [2.75, 3.05) is 5.32 Å². The molecular formula is C18H26N2O. The first-order chi connectivity index (χ1) is 10.0. The number of carbonyl (C=O) groups excluding carboxylic acids is 1. The Morgan fingerprint density at radius 2 is 1.67 bits per heavy atom. The van der Waals surface area contributed by atoms with Crippen molar-refractivity contribution in [1.29, 1.82) is 0 Å². The van der Waals surface area contributed by atoms with E-state index in [1.165, 1.54) is 30.4 Å². The summed E-state index contributed by atoms with van der Waals surface area (Å²) in [6.45, 7) is 4.12. The van der Waals surface area contributed by atoms with E-state index in [0.717, 1.165) is 18.5 Å². The lowest BCUT2D eigenvalue weighted by Gasteiger charge is -2.43. The molecule has 1 aromatic carbocycles. The van der Waals surface area contributed by atoms with Crippen LogP contribution in [0.3, 0.4) is 0 Å². The van der Waals surface area contributed by atoms with Crippen LogP contribution >= 0.6 is 0 Å². The van der Waals surface area contributed by atoms with Crippen LogP contribution in [0.2, 0.25) is 0 Å². The number of hydrogen-bond acceptors (Lipinski definition) is 2. The lowest BCUT2D eigenvalue weighted by Crippen LogP contribution is -2.48. The van der Waals surface area contributed by atoms with Crippen molar-refractivity contribution >= 4 is 11.6 Å². The molecule has 1 amide bonds. The summed E-state index contributed by atoms with van der Waals surface area (Å²) in [5, 5.41) is 3.12. The Morgan fingerprint density at radius 1 is 1.10 bits per heavy atom. The number of anilines is 1. The lowest BCUT2D eigenvalue weighted by molar-refractivity contribution is -0.122. The maximum absolute atomic E-state index is 12.6. The molecule has 21 heavy (non-hydrogen) atoms. The van der Waals surface area contributed by atoms with Crippen molar-refractivity contribution in [3.05, 3.63) is 29.3 Å². The topological polar surface area (TPSA) is 55.1 Å². The van der Waals surface area contributed by atoms with Crippen LogP contribution in [0.4, 0.5) is 5.69 Å². The molecule has 2 atom stereocenters. The van der Waals surface area contributed by atoms with Gasteiger partial charge in [0.2, 0.25) is 5.91 Å². The third-order valence-corrected chi connectivity index (χ3v) is 5.27. The normalized spacial score (nSPS) is 31.8. The second-order valence-electron chi connectivity index (χ2n) is 7.06. The minimum atomic E-state index is 0.140. The number of aryl methyl sites for hydroxylation is 2. The minimum Gasteiger partial charge on any atom is -0.327 e. The van der Waals surface area contributed by atoms with Crippen LogP contribution in [0.5, 0.6) is 0 Å². The van der Waals surface area contributed by atoms with E-state index in [0.29, 0.717) is 17.9 Å². The highest BCUT2D eigenvalue weighted by atomic mass is 16.1. The van der Waals surface area contributed by atoms with E-state index in [1.807, 2.05) is 12.1 Å². The molecule has 2 bridgehead atoms. The first-order valence-corrected chi connectivity index (χ1v) is 8.17. The van der Waals surface area contributed by atoms with Gasteiger partial charge in [-0.1, -0.05) is 12.5 Å². The second-order valence-corrected chi connectivity index (χ2v) is 7.06. The fourth-order valence-electron chi connectivity index (χ4n) is 4.29. The molecule has 2 saturated carbocycles. The first kappa shape index (κ1) is 14.6. The molecule has 0 aromatic heterocycles. The Morgan fingerprint density at radius 3 is 2.24 bits per heavy atom. The predicted molar refractivity (Wildman–Crippen MR) is 86.1 cm³/mol. The molecule has 2 unspecified atom stereocenters. The van der Waals surface area contributed by atoms with Gasteiger partial charge in [-0.2, -0.15) is 0 Å². The second kappa shape index (κ2) is 5.80. The van der Waals surface area contributed by atoms with E-state index in [9.17, 15) is 4.79 Å². The predicted octanol–water partition coefficient (Wildman–Crippen LogP) is 3.40. The Hall–Kier alpha value is -1.35. The van der Waals surface area contributed by atoms with Gasteiger partial charge in [0.1, 0.15) is 0 Å². The van der Waals surface area contributed by atoms with Crippen molar-refractivity contribution < 1.29 is 4.79 Å². The zero-order valence-electron chi connectivity index (χ0n) is 13.1. The van der Waals surface area contributed by atoms with Gasteiger partial charge in [-0.25, -0.2) is 0 Å². The minimum absolute atomic E-state index is 0.140. The van der Waals surface area contributed by atoms with E-state index >= 15 is 0 Å². The summed E-state index contributed by atoms with van der Waals surface area (Å²) in [6, 6.07) is 6.53. The molecular weight excluding hydrogens is 260 g/mol. The number of hydrogen-bond donors (Lipinski definition) is 2. The number of nitrogens with one attached hydrogen (secondary N) is 1. The van der Waals surface area contributed by atoms with Crippen molar-refractivity contribution in [3.8, 4) is 0 Å². The van der Waals surface area contributed by atoms with E-state index < -0.39 is 0 Å². The van der Waals surface area contributed by atoms with Crippen molar-refractivity contribution in [1.82, 2.24) is 0 Å². The lowest BCUT2D eigenvalue weighted by atomic mass is 9.65. The summed E-state index contributed by atoms with van der Waals surface area (Å²) in [6.07, 6.45) is 5.62. The fraction of sp³-hybridized carbons (Fsp3) is 0.611. The van der Waals surface area contributed by atoms with E-state index in [-0.39, 0.29) is 11.8 Å². The van der Waals surface area contributed by atoms with Crippen LogP contribution in [0.15, 0.2) is 18.2 Å². The Labute approximate surface area is 127 Å². The van der Waals surface area contributed by atoms with Gasteiger partial charge in [0, 0.05) is 17.6 Å². The third kappa shape index (κ3) is 3.13. The number of nitrogens with two attached hydrogens (primary N) is 1. The number of fused-ring (bicyclic) bond motifs is 2. The van der Waals surface area contributed by atoms with Gasteiger partial charge in [0.05, 0.1) is 0 Å². The Bertz CT molecular complexity index is 506. The van der Waals surface area contributed by atoms with Gasteiger partial charge < -0.3 is 11.1 Å². The molecule has 2 aliphatic carbocycles. The van der Waals surface area contributed by atoms with E-state index in [4.69, 9.17) is 5.73 Å². The number of rotatable bonds is 2. The zero-order valence-corrected chi connectivity index (χ0v) is 13.1. The van der Waals surface area contributed by atoms with Crippen molar-refractivity contribution in [2.45, 2.75) is 52.0 Å². The highest BCUT2D eigenvalue weighted by molar-refractivity contribution is 5.92. The van der Waals surface area contributed by atoms with Crippen LogP contribution in [0, 0.1) is 31.6 Å². The summed E-state index contributed by atoms with van der Waals surface area (Å²) in [5.41, 5.74) is 9.61. The molecule has 2 aliphatic rings. The van der Waals surface area contributed by atoms with Crippen LogP contribution in [-0.4, -0.2) is 11.9 Å². The quantitative estimate of drug-likeness (QED) is 0.875. The molecule has 0 spiro atoms. The highest BCUT2D eigenvalue weighted by Gasteiger charge is 2.40. The first-order valence-electron chi connectivity index (χ1n) is 8.17. The van der Waals surface area contributed by atoms with Gasteiger partial charge in [-0.3, -0.25) is 4.79 Å². The monoisotopic (exact) mass is 286 g/mol. The molecule has 114 valence electrons. The van der Waals surface area contributed by atoms with Crippen LogP contribution in [0.25, 0.3) is 0 Å². The standard InChI is InChI=1S/C18H26N2O/c1-11-6-12(2)8-16(7-11)20-18(21)15-9-13-4-3-5-14(10-15)17(13)19/h6-8,13-15,17H,3-5,9-10,19H2,1-2H3,(H,20,21). The maximum atomic E-state index is 12.6. The summed E-state index contributed by atoms with van der Waals surface area (Å²) in [4.78, 5) is 12.6. The SMILES string of the molecule is Cc1cc(C)cc(NC(=O)C2CC3CCCC(C2)C3N)c1. The smallest absolute Gasteiger partial charge is 0.227 e. The molecule has 0 radical (unpaired) electrons. The van der Waals surface area contributed by atoms with E-state index in [2.05, 4.69) is 25.2 Å². The molecule has 0 aliphatic heterocycles. The van der Waals surface area contributed by atoms with Crippen LogP contribution in [-0.2, 0) is 4.79 Å². The van der Waals surface area contributed by atoms with Crippen molar-refractivity contribution in [3.63, 3.8) is 0 Å². The van der Waals surface area contributed by atoms with Crippen LogP contribution < -0.4 is 11.1 Å². The summed E-state index contributed by atoms with van der Waals surface area (Å²) >= 11 is 0. The molecule has 1 aromatic rings. The molecule has 3 nitrogen and oxygen atoms in total. The summed E-state index contributed by atoms with van der Waals surface area (Å²) in [7, 11) is 0. The highest BCUT2D eigenvalue weighted by Crippen LogP contribution is 2.42. The number of carbonyl (C=O) groups is 1. The van der Waals surface area contributed by atoms with Gasteiger partial charge in [-0.15, -0.1) is 0 Å². The molecule has 0 saturated heterocycles. The van der Waals surface area contributed by atoms with Gasteiger partial charge in [0.25, 0.3) is 0 Å². The van der Waals surface area contributed by atoms with Crippen molar-refractivity contribution in [2.24, 2.45) is 23.5 Å². The molecule has 2 fully saturated rings. The molecule has 3 rings (SSSR count). The Kier molecular flexibility index (Phi) is 4.03. The third-order valence-electron chi connectivity index (χ3n) is 5.27. The number of benzene rings is 1. The van der Waals surface area contributed by atoms with Crippen LogP contribution in [0.1, 0.15) is 43.2 Å². The fourth-order valence-corrected chi connectivity index (χ4v) is 4.29. The zero-order chi connectivity index (χ0) is 15.0. The largest absolute Gasteiger partial charge is 0.327 e. The molecule has 3 heteroatoms. The summed E-state index contributed by atoms with van der Waals surface area (Å²) < 4.78 is 0. The average Bonchev–Trinajstić information content (AvgIpc) is 2.36. The molecule has 0 heterocycles. The average molecular weight is 286 g/mol. The van der Waals surface area contributed by atoms with E-state index in [1.54, 1.807) is 0 Å². The van der Waals surface area contributed by atoms with Gasteiger partial charge in [0.15, 0.2) is 0 Å². The summed E-state index contributed by atoms with van der Waals surface area (Å²) in [5.74, 6) is 1.42. The number of amides is 1. The van der Waals surface area contributed by atoms with Gasteiger partial charge in [-0.05, 0) is 74.6 Å². The maximum Gasteiger partial charge on any atom is 0.227 e.